The molecule has 1 aromatic carbocycles. The first kappa shape index (κ1) is 18.2. The fourth-order valence-corrected chi connectivity index (χ4v) is 4.94. The number of pyridine rings is 1. The van der Waals surface area contributed by atoms with Crippen molar-refractivity contribution in [2.24, 2.45) is 0 Å². The van der Waals surface area contributed by atoms with Crippen LogP contribution < -0.4 is 16.2 Å². The van der Waals surface area contributed by atoms with Crippen LogP contribution in [0.25, 0.3) is 0 Å². The van der Waals surface area contributed by atoms with E-state index in [4.69, 9.17) is 0 Å². The number of carbonyl (C=O) groups excluding carboxylic acids is 1. The molecule has 0 radical (unpaired) electrons. The van der Waals surface area contributed by atoms with Gasteiger partial charge in [-0.3, -0.25) is 4.98 Å². The Labute approximate surface area is 171 Å². The lowest BCUT2D eigenvalue weighted by molar-refractivity contribution is 0.194. The normalized spacial score (nSPS) is 26.2. The van der Waals surface area contributed by atoms with Crippen LogP contribution >= 0.6 is 0 Å². The maximum absolute atomic E-state index is 13.1. The molecule has 3 N–H and O–H groups in total. The van der Waals surface area contributed by atoms with Crippen molar-refractivity contribution in [1.82, 2.24) is 26.1 Å². The van der Waals surface area contributed by atoms with Gasteiger partial charge >= 0.3 is 6.03 Å². The summed E-state index contributed by atoms with van der Waals surface area (Å²) in [5.41, 5.74) is 11.7. The highest BCUT2D eigenvalue weighted by Gasteiger charge is 2.35. The topological polar surface area (TPSA) is 69.3 Å². The molecule has 2 aliphatic heterocycles. The van der Waals surface area contributed by atoms with Crippen molar-refractivity contribution in [3.8, 4) is 0 Å². The molecule has 3 heterocycles. The monoisotopic (exact) mass is 389 g/mol. The lowest BCUT2D eigenvalue weighted by atomic mass is 9.94. The van der Waals surface area contributed by atoms with Crippen LogP contribution in [-0.2, 0) is 0 Å². The second kappa shape index (κ2) is 7.87. The number of hydrogen-bond acceptors (Lipinski definition) is 4. The fourth-order valence-electron chi connectivity index (χ4n) is 4.94. The number of nitrogens with zero attached hydrogens (tertiary/aromatic N) is 2. The minimum Gasteiger partial charge on any atom is -0.335 e. The third-order valence-corrected chi connectivity index (χ3v) is 6.48. The van der Waals surface area contributed by atoms with E-state index in [1.807, 2.05) is 35.5 Å². The van der Waals surface area contributed by atoms with E-state index in [1.165, 1.54) is 22.4 Å². The van der Waals surface area contributed by atoms with Gasteiger partial charge in [-0.25, -0.2) is 10.2 Å². The SMILES string of the molecule is O=C(N[C@@H]1CCC[C@H]1c1ccccc1)N1CCC2=C(C1)C(c1ccncc1)NN2. The molecule has 6 nitrogen and oxygen atoms in total. The Morgan fingerprint density at radius 1 is 1.07 bits per heavy atom. The van der Waals surface area contributed by atoms with Gasteiger partial charge in [-0.15, -0.1) is 0 Å². The Morgan fingerprint density at radius 3 is 2.72 bits per heavy atom. The van der Waals surface area contributed by atoms with Gasteiger partial charge in [-0.1, -0.05) is 36.8 Å². The Morgan fingerprint density at radius 2 is 1.90 bits per heavy atom. The number of amides is 2. The van der Waals surface area contributed by atoms with E-state index < -0.39 is 0 Å². The quantitative estimate of drug-likeness (QED) is 0.754. The van der Waals surface area contributed by atoms with E-state index in [-0.39, 0.29) is 18.1 Å². The van der Waals surface area contributed by atoms with Gasteiger partial charge in [0.2, 0.25) is 0 Å². The van der Waals surface area contributed by atoms with Crippen LogP contribution in [0.5, 0.6) is 0 Å². The van der Waals surface area contributed by atoms with Crippen molar-refractivity contribution in [2.45, 2.75) is 43.7 Å². The summed E-state index contributed by atoms with van der Waals surface area (Å²) in [4.78, 5) is 19.2. The highest BCUT2D eigenvalue weighted by Crippen LogP contribution is 2.35. The van der Waals surface area contributed by atoms with Gasteiger partial charge < -0.3 is 15.6 Å². The summed E-state index contributed by atoms with van der Waals surface area (Å²) < 4.78 is 0. The molecule has 29 heavy (non-hydrogen) atoms. The van der Waals surface area contributed by atoms with E-state index in [9.17, 15) is 4.79 Å². The first-order valence-corrected chi connectivity index (χ1v) is 10.5. The molecule has 1 aromatic heterocycles. The number of nitrogens with one attached hydrogen (secondary N) is 3. The fraction of sp³-hybridized carbons (Fsp3) is 0.391. The molecule has 2 amide bonds. The average molecular weight is 390 g/mol. The van der Waals surface area contributed by atoms with E-state index in [2.05, 4.69) is 45.4 Å². The maximum Gasteiger partial charge on any atom is 0.317 e. The van der Waals surface area contributed by atoms with Gasteiger partial charge in [-0.2, -0.15) is 0 Å². The van der Waals surface area contributed by atoms with Crippen LogP contribution in [0.15, 0.2) is 66.1 Å². The smallest absolute Gasteiger partial charge is 0.317 e. The van der Waals surface area contributed by atoms with Crippen LogP contribution in [0.3, 0.4) is 0 Å². The Balaban J connectivity index is 1.27. The van der Waals surface area contributed by atoms with Gasteiger partial charge in [0.15, 0.2) is 0 Å². The molecule has 1 unspecified atom stereocenters. The molecule has 0 saturated heterocycles. The molecule has 1 fully saturated rings. The zero-order valence-electron chi connectivity index (χ0n) is 16.5. The summed E-state index contributed by atoms with van der Waals surface area (Å²) in [5, 5.41) is 3.35. The Bertz CT molecular complexity index is 898. The summed E-state index contributed by atoms with van der Waals surface area (Å²) in [6.07, 6.45) is 7.83. The molecule has 1 saturated carbocycles. The van der Waals surface area contributed by atoms with Gasteiger partial charge in [0.25, 0.3) is 0 Å². The van der Waals surface area contributed by atoms with Crippen molar-refractivity contribution in [2.75, 3.05) is 13.1 Å². The minimum atomic E-state index is 0.0600. The zero-order chi connectivity index (χ0) is 19.6. The molecular weight excluding hydrogens is 362 g/mol. The number of hydrogen-bond donors (Lipinski definition) is 3. The lowest BCUT2D eigenvalue weighted by Crippen LogP contribution is -2.48. The molecule has 2 aromatic rings. The number of hydrazine groups is 1. The maximum atomic E-state index is 13.1. The lowest BCUT2D eigenvalue weighted by Gasteiger charge is -2.31. The van der Waals surface area contributed by atoms with Crippen molar-refractivity contribution in [3.05, 3.63) is 77.3 Å². The van der Waals surface area contributed by atoms with Crippen molar-refractivity contribution in [1.29, 1.82) is 0 Å². The number of carbonyl (C=O) groups is 1. The highest BCUT2D eigenvalue weighted by atomic mass is 16.2. The van der Waals surface area contributed by atoms with Crippen LogP contribution in [0.2, 0.25) is 0 Å². The van der Waals surface area contributed by atoms with E-state index in [1.54, 1.807) is 0 Å². The van der Waals surface area contributed by atoms with Gasteiger partial charge in [0.05, 0.1) is 6.04 Å². The Kier molecular flexibility index (Phi) is 4.94. The summed E-state index contributed by atoms with van der Waals surface area (Å²) in [7, 11) is 0. The van der Waals surface area contributed by atoms with E-state index >= 15 is 0 Å². The van der Waals surface area contributed by atoms with Crippen LogP contribution in [-0.4, -0.2) is 35.0 Å². The molecule has 150 valence electrons. The minimum absolute atomic E-state index is 0.0600. The number of aromatic nitrogens is 1. The van der Waals surface area contributed by atoms with Gasteiger partial charge in [0, 0.05) is 49.6 Å². The summed E-state index contributed by atoms with van der Waals surface area (Å²) in [6.45, 7) is 1.39. The zero-order valence-corrected chi connectivity index (χ0v) is 16.5. The number of benzene rings is 1. The highest BCUT2D eigenvalue weighted by molar-refractivity contribution is 5.75. The van der Waals surface area contributed by atoms with Gasteiger partial charge in [0.1, 0.15) is 0 Å². The van der Waals surface area contributed by atoms with Crippen molar-refractivity contribution in [3.63, 3.8) is 0 Å². The number of rotatable bonds is 3. The van der Waals surface area contributed by atoms with E-state index in [0.717, 1.165) is 32.2 Å². The third-order valence-electron chi connectivity index (χ3n) is 6.48. The van der Waals surface area contributed by atoms with Crippen molar-refractivity contribution >= 4 is 6.03 Å². The molecular formula is C23H27N5O. The summed E-state index contributed by atoms with van der Waals surface area (Å²) in [5.74, 6) is 0.416. The van der Waals surface area contributed by atoms with E-state index in [0.29, 0.717) is 12.5 Å². The van der Waals surface area contributed by atoms with Crippen LogP contribution in [0.4, 0.5) is 4.79 Å². The molecule has 1 aliphatic carbocycles. The second-order valence-corrected chi connectivity index (χ2v) is 8.16. The molecule has 5 rings (SSSR count). The standard InChI is InChI=1S/C23H27N5O/c29-23(25-20-8-4-7-18(20)16-5-2-1-3-6-16)28-14-11-21-19(15-28)22(27-26-21)17-9-12-24-13-10-17/h1-3,5-6,9-10,12-13,18,20,22,26-27H,4,7-8,11,14-15H2,(H,25,29)/t18-,20+,22?/m0/s1. The summed E-state index contributed by atoms with van der Waals surface area (Å²) in [6, 6.07) is 15.0. The molecule has 3 aliphatic rings. The second-order valence-electron chi connectivity index (χ2n) is 8.16. The molecule has 0 spiro atoms. The largest absolute Gasteiger partial charge is 0.335 e. The number of urea groups is 1. The molecule has 6 heteroatoms. The van der Waals surface area contributed by atoms with Crippen molar-refractivity contribution < 1.29 is 4.79 Å². The Hall–Kier alpha value is -2.86. The first-order chi connectivity index (χ1) is 14.3. The average Bonchev–Trinajstić information content (AvgIpc) is 3.41. The predicted molar refractivity (Wildman–Crippen MR) is 112 cm³/mol. The third kappa shape index (κ3) is 3.60. The van der Waals surface area contributed by atoms with Crippen LogP contribution in [0.1, 0.15) is 48.8 Å². The predicted octanol–water partition coefficient (Wildman–Crippen LogP) is 3.24. The first-order valence-electron chi connectivity index (χ1n) is 10.5. The molecule has 3 atom stereocenters. The van der Waals surface area contributed by atoms with Crippen LogP contribution in [0, 0.1) is 0 Å². The molecule has 0 bridgehead atoms. The summed E-state index contributed by atoms with van der Waals surface area (Å²) >= 11 is 0. The van der Waals surface area contributed by atoms with Gasteiger partial charge in [-0.05, 0) is 41.7 Å².